The van der Waals surface area contributed by atoms with Gasteiger partial charge in [-0.25, -0.2) is 0 Å². The van der Waals surface area contributed by atoms with E-state index in [1.807, 2.05) is 31.3 Å². The van der Waals surface area contributed by atoms with Gasteiger partial charge in [0, 0.05) is 58.0 Å². The normalized spacial score (nSPS) is 16.9. The fraction of sp³-hybridized carbons (Fsp3) is 0.409. The highest BCUT2D eigenvalue weighted by Gasteiger charge is 2.26. The van der Waals surface area contributed by atoms with Crippen LogP contribution >= 0.6 is 0 Å². The molecule has 148 valence electrons. The van der Waals surface area contributed by atoms with E-state index in [0.29, 0.717) is 12.5 Å². The van der Waals surface area contributed by atoms with Crippen molar-refractivity contribution in [2.24, 2.45) is 4.99 Å². The molecule has 6 nitrogen and oxygen atoms in total. The standard InChI is InChI=1S/C22H29N5O/c1-23-22(27-15-11-19(17-27)18-8-4-3-5-9-18)25-16-21(28)26(2)14-12-20-10-6-7-13-24-20/h3-10,13,19H,11-12,14-17H2,1-2H3,(H,23,25). The number of amides is 1. The lowest BCUT2D eigenvalue weighted by Gasteiger charge is -2.23. The Labute approximate surface area is 167 Å². The van der Waals surface area contributed by atoms with Gasteiger partial charge in [0.1, 0.15) is 0 Å². The quantitative estimate of drug-likeness (QED) is 0.617. The van der Waals surface area contributed by atoms with Crippen molar-refractivity contribution in [3.8, 4) is 0 Å². The minimum Gasteiger partial charge on any atom is -0.347 e. The van der Waals surface area contributed by atoms with Crippen LogP contribution < -0.4 is 5.32 Å². The van der Waals surface area contributed by atoms with Gasteiger partial charge >= 0.3 is 0 Å². The maximum absolute atomic E-state index is 12.5. The van der Waals surface area contributed by atoms with Crippen LogP contribution in [0, 0.1) is 0 Å². The molecule has 1 unspecified atom stereocenters. The topological polar surface area (TPSA) is 60.8 Å². The second-order valence-corrected chi connectivity index (χ2v) is 7.13. The Morgan fingerprint density at radius 3 is 2.75 bits per heavy atom. The first kappa shape index (κ1) is 19.9. The summed E-state index contributed by atoms with van der Waals surface area (Å²) >= 11 is 0. The van der Waals surface area contributed by atoms with Crippen molar-refractivity contribution in [2.45, 2.75) is 18.8 Å². The number of likely N-dealkylation sites (N-methyl/N-ethyl adjacent to an activating group) is 1. The molecule has 3 rings (SSSR count). The average Bonchev–Trinajstić information content (AvgIpc) is 3.24. The number of hydrogen-bond acceptors (Lipinski definition) is 3. The predicted octanol–water partition coefficient (Wildman–Crippen LogP) is 2.15. The molecule has 1 atom stereocenters. The van der Waals surface area contributed by atoms with E-state index in [0.717, 1.165) is 37.6 Å². The molecule has 0 radical (unpaired) electrons. The Bertz CT molecular complexity index is 778. The van der Waals surface area contributed by atoms with Gasteiger partial charge < -0.3 is 15.1 Å². The number of carbonyl (C=O) groups is 1. The summed E-state index contributed by atoms with van der Waals surface area (Å²) in [6.45, 7) is 2.77. The minimum absolute atomic E-state index is 0.0517. The lowest BCUT2D eigenvalue weighted by Crippen LogP contribution is -2.45. The van der Waals surface area contributed by atoms with E-state index in [1.165, 1.54) is 5.56 Å². The molecule has 1 aliphatic rings. The molecule has 1 amide bonds. The van der Waals surface area contributed by atoms with Crippen LogP contribution in [0.5, 0.6) is 0 Å². The van der Waals surface area contributed by atoms with E-state index in [2.05, 4.69) is 44.5 Å². The number of pyridine rings is 1. The van der Waals surface area contributed by atoms with Crippen LogP contribution in [0.1, 0.15) is 23.6 Å². The van der Waals surface area contributed by atoms with Crippen molar-refractivity contribution >= 4 is 11.9 Å². The van der Waals surface area contributed by atoms with Gasteiger partial charge in [0.15, 0.2) is 5.96 Å². The number of hydrogen-bond donors (Lipinski definition) is 1. The van der Waals surface area contributed by atoms with Crippen LogP contribution in [0.15, 0.2) is 59.7 Å². The molecule has 6 heteroatoms. The second kappa shape index (κ2) is 9.88. The third-order valence-electron chi connectivity index (χ3n) is 5.22. The lowest BCUT2D eigenvalue weighted by atomic mass is 9.99. The number of aromatic nitrogens is 1. The van der Waals surface area contributed by atoms with E-state index >= 15 is 0 Å². The summed E-state index contributed by atoms with van der Waals surface area (Å²) < 4.78 is 0. The van der Waals surface area contributed by atoms with Gasteiger partial charge in [-0.2, -0.15) is 0 Å². The van der Waals surface area contributed by atoms with Gasteiger partial charge in [0.25, 0.3) is 0 Å². The number of likely N-dealkylation sites (tertiary alicyclic amines) is 1. The maximum atomic E-state index is 12.5. The van der Waals surface area contributed by atoms with Crippen LogP contribution in [-0.2, 0) is 11.2 Å². The van der Waals surface area contributed by atoms with Crippen molar-refractivity contribution in [3.63, 3.8) is 0 Å². The molecule has 1 aliphatic heterocycles. The summed E-state index contributed by atoms with van der Waals surface area (Å²) in [5, 5.41) is 3.23. The van der Waals surface area contributed by atoms with Crippen molar-refractivity contribution in [1.82, 2.24) is 20.1 Å². The fourth-order valence-corrected chi connectivity index (χ4v) is 3.52. The number of aliphatic imine (C=N–C) groups is 1. The Balaban J connectivity index is 1.45. The number of benzene rings is 1. The molecule has 1 N–H and O–H groups in total. The summed E-state index contributed by atoms with van der Waals surface area (Å²) in [5.74, 6) is 1.36. The molecule has 1 fully saturated rings. The zero-order chi connectivity index (χ0) is 19.8. The molecule has 0 aliphatic carbocycles. The van der Waals surface area contributed by atoms with E-state index in [1.54, 1.807) is 18.1 Å². The van der Waals surface area contributed by atoms with Gasteiger partial charge in [-0.1, -0.05) is 36.4 Å². The summed E-state index contributed by atoms with van der Waals surface area (Å²) in [4.78, 5) is 25.1. The highest BCUT2D eigenvalue weighted by molar-refractivity contribution is 5.86. The first-order valence-corrected chi connectivity index (χ1v) is 9.82. The largest absolute Gasteiger partial charge is 0.347 e. The Morgan fingerprint density at radius 2 is 2.04 bits per heavy atom. The molecule has 2 aromatic rings. The third kappa shape index (κ3) is 5.31. The second-order valence-electron chi connectivity index (χ2n) is 7.13. The Hall–Kier alpha value is -2.89. The third-order valence-corrected chi connectivity index (χ3v) is 5.22. The van der Waals surface area contributed by atoms with Crippen LogP contribution in [-0.4, -0.2) is 66.9 Å². The van der Waals surface area contributed by atoms with Crippen LogP contribution in [0.25, 0.3) is 0 Å². The summed E-state index contributed by atoms with van der Waals surface area (Å²) in [7, 11) is 3.60. The average molecular weight is 380 g/mol. The zero-order valence-electron chi connectivity index (χ0n) is 16.7. The van der Waals surface area contributed by atoms with Gasteiger partial charge in [0.05, 0.1) is 6.54 Å². The zero-order valence-corrected chi connectivity index (χ0v) is 16.7. The summed E-state index contributed by atoms with van der Waals surface area (Å²) in [5.41, 5.74) is 2.36. The van der Waals surface area contributed by atoms with Gasteiger partial charge in [-0.3, -0.25) is 14.8 Å². The molecule has 1 saturated heterocycles. The SMILES string of the molecule is CN=C(NCC(=O)N(C)CCc1ccccn1)N1CCC(c2ccccc2)C1. The molecule has 0 bridgehead atoms. The van der Waals surface area contributed by atoms with E-state index < -0.39 is 0 Å². The Kier molecular flexibility index (Phi) is 7.00. The molecule has 1 aromatic heterocycles. The smallest absolute Gasteiger partial charge is 0.241 e. The predicted molar refractivity (Wildman–Crippen MR) is 112 cm³/mol. The number of guanidine groups is 1. The molecule has 0 spiro atoms. The van der Waals surface area contributed by atoms with Crippen LogP contribution in [0.2, 0.25) is 0 Å². The van der Waals surface area contributed by atoms with Gasteiger partial charge in [0.2, 0.25) is 5.91 Å². The van der Waals surface area contributed by atoms with Gasteiger partial charge in [-0.05, 0) is 24.1 Å². The number of carbonyl (C=O) groups excluding carboxylic acids is 1. The highest BCUT2D eigenvalue weighted by atomic mass is 16.2. The first-order chi connectivity index (χ1) is 13.7. The highest BCUT2D eigenvalue weighted by Crippen LogP contribution is 2.26. The Morgan fingerprint density at radius 1 is 1.25 bits per heavy atom. The lowest BCUT2D eigenvalue weighted by molar-refractivity contribution is -0.128. The molecule has 28 heavy (non-hydrogen) atoms. The van der Waals surface area contributed by atoms with E-state index in [9.17, 15) is 4.79 Å². The molecule has 2 heterocycles. The molecule has 0 saturated carbocycles. The molecular formula is C22H29N5O. The van der Waals surface area contributed by atoms with E-state index in [4.69, 9.17) is 0 Å². The van der Waals surface area contributed by atoms with E-state index in [-0.39, 0.29) is 12.5 Å². The first-order valence-electron chi connectivity index (χ1n) is 9.82. The minimum atomic E-state index is 0.0517. The monoisotopic (exact) mass is 379 g/mol. The molecule has 1 aromatic carbocycles. The number of nitrogens with zero attached hydrogens (tertiary/aromatic N) is 4. The summed E-state index contributed by atoms with van der Waals surface area (Å²) in [6, 6.07) is 16.4. The summed E-state index contributed by atoms with van der Waals surface area (Å²) in [6.07, 6.45) is 3.63. The number of nitrogens with one attached hydrogen (secondary N) is 1. The van der Waals surface area contributed by atoms with Crippen molar-refractivity contribution in [1.29, 1.82) is 0 Å². The van der Waals surface area contributed by atoms with Crippen molar-refractivity contribution in [2.75, 3.05) is 40.3 Å². The van der Waals surface area contributed by atoms with Crippen LogP contribution in [0.3, 0.4) is 0 Å². The van der Waals surface area contributed by atoms with Gasteiger partial charge in [-0.15, -0.1) is 0 Å². The fourth-order valence-electron chi connectivity index (χ4n) is 3.52. The molecular weight excluding hydrogens is 350 g/mol. The number of rotatable bonds is 6. The van der Waals surface area contributed by atoms with Crippen LogP contribution in [0.4, 0.5) is 0 Å². The maximum Gasteiger partial charge on any atom is 0.241 e. The van der Waals surface area contributed by atoms with Crippen molar-refractivity contribution in [3.05, 3.63) is 66.0 Å². The van der Waals surface area contributed by atoms with Crippen molar-refractivity contribution < 1.29 is 4.79 Å².